The first-order chi connectivity index (χ1) is 13.2. The van der Waals surface area contributed by atoms with Crippen molar-refractivity contribution in [3.8, 4) is 11.5 Å². The topological polar surface area (TPSA) is 85.9 Å². The highest BCUT2D eigenvalue weighted by Crippen LogP contribution is 2.33. The molecule has 2 aliphatic rings. The number of hydrogen-bond donors (Lipinski definition) is 2. The van der Waals surface area contributed by atoms with E-state index in [0.717, 1.165) is 49.2 Å². The summed E-state index contributed by atoms with van der Waals surface area (Å²) in [5, 5.41) is 5.96. The maximum Gasteiger partial charge on any atom is 0.231 e. The molecular weight excluding hydrogens is 348 g/mol. The van der Waals surface area contributed by atoms with E-state index in [1.54, 1.807) is 7.11 Å². The molecule has 1 heterocycles. The van der Waals surface area contributed by atoms with Crippen molar-refractivity contribution in [1.29, 1.82) is 0 Å². The summed E-state index contributed by atoms with van der Waals surface area (Å²) in [7, 11) is 1.65. The fourth-order valence-electron chi connectivity index (χ4n) is 3.57. The van der Waals surface area contributed by atoms with E-state index in [2.05, 4.69) is 10.6 Å². The van der Waals surface area contributed by atoms with Crippen molar-refractivity contribution in [2.45, 2.75) is 38.6 Å². The van der Waals surface area contributed by atoms with E-state index in [-0.39, 0.29) is 30.4 Å². The molecule has 1 aromatic rings. The molecule has 0 radical (unpaired) electrons. The maximum absolute atomic E-state index is 12.4. The van der Waals surface area contributed by atoms with Gasteiger partial charge in [-0.2, -0.15) is 0 Å². The van der Waals surface area contributed by atoms with E-state index in [1.165, 1.54) is 0 Å². The number of hydrogen-bond acceptors (Lipinski definition) is 5. The number of ether oxygens (including phenoxy) is 3. The van der Waals surface area contributed by atoms with Gasteiger partial charge in [0, 0.05) is 38.6 Å². The molecule has 0 bridgehead atoms. The third-order valence-corrected chi connectivity index (χ3v) is 5.20. The SMILES string of the molecule is COCCCNC(=O)C1CCC(C(=O)NCc2ccc3c(c2)OCO3)CC1. The Bertz CT molecular complexity index is 656. The van der Waals surface area contributed by atoms with E-state index in [4.69, 9.17) is 14.2 Å². The first-order valence-electron chi connectivity index (χ1n) is 9.60. The molecular formula is C20H28N2O5. The molecule has 7 heteroatoms. The van der Waals surface area contributed by atoms with E-state index in [0.29, 0.717) is 19.7 Å². The molecule has 148 valence electrons. The van der Waals surface area contributed by atoms with Gasteiger partial charge in [-0.25, -0.2) is 0 Å². The molecule has 7 nitrogen and oxygen atoms in total. The van der Waals surface area contributed by atoms with Crippen molar-refractivity contribution in [3.63, 3.8) is 0 Å². The Morgan fingerprint density at radius 1 is 1.04 bits per heavy atom. The highest BCUT2D eigenvalue weighted by molar-refractivity contribution is 5.81. The number of rotatable bonds is 8. The van der Waals surface area contributed by atoms with Gasteiger partial charge in [-0.05, 0) is 49.8 Å². The Balaban J connectivity index is 1.37. The zero-order valence-electron chi connectivity index (χ0n) is 15.8. The number of benzene rings is 1. The number of carbonyl (C=O) groups excluding carboxylic acids is 2. The van der Waals surface area contributed by atoms with Gasteiger partial charge in [0.25, 0.3) is 0 Å². The Morgan fingerprint density at radius 2 is 1.70 bits per heavy atom. The Hall–Kier alpha value is -2.28. The quantitative estimate of drug-likeness (QED) is 0.678. The molecule has 0 aromatic heterocycles. The van der Waals surface area contributed by atoms with Crippen LogP contribution in [0.2, 0.25) is 0 Å². The summed E-state index contributed by atoms with van der Waals surface area (Å²) in [6, 6.07) is 5.69. The summed E-state index contributed by atoms with van der Waals surface area (Å²) >= 11 is 0. The zero-order valence-corrected chi connectivity index (χ0v) is 15.8. The molecule has 1 fully saturated rings. The van der Waals surface area contributed by atoms with Crippen molar-refractivity contribution in [2.75, 3.05) is 27.1 Å². The number of carbonyl (C=O) groups is 2. The van der Waals surface area contributed by atoms with Crippen LogP contribution in [0.25, 0.3) is 0 Å². The number of fused-ring (bicyclic) bond motifs is 1. The molecule has 2 N–H and O–H groups in total. The van der Waals surface area contributed by atoms with Crippen LogP contribution in [0.4, 0.5) is 0 Å². The molecule has 0 spiro atoms. The Morgan fingerprint density at radius 3 is 2.41 bits per heavy atom. The van der Waals surface area contributed by atoms with Crippen LogP contribution in [0.1, 0.15) is 37.7 Å². The fraction of sp³-hybridized carbons (Fsp3) is 0.600. The number of nitrogens with one attached hydrogen (secondary N) is 2. The van der Waals surface area contributed by atoms with E-state index in [9.17, 15) is 9.59 Å². The van der Waals surface area contributed by atoms with E-state index in [1.807, 2.05) is 18.2 Å². The standard InChI is InChI=1S/C20H28N2O5/c1-25-10-2-9-21-19(23)15-4-6-16(7-5-15)20(24)22-12-14-3-8-17-18(11-14)27-13-26-17/h3,8,11,15-16H,2,4-7,9-10,12-13H2,1H3,(H,21,23)(H,22,24). The van der Waals surface area contributed by atoms with Crippen molar-refractivity contribution in [2.24, 2.45) is 11.8 Å². The second-order valence-corrected chi connectivity index (χ2v) is 7.09. The summed E-state index contributed by atoms with van der Waals surface area (Å²) in [6.07, 6.45) is 3.85. The molecule has 1 aromatic carbocycles. The number of methoxy groups -OCH3 is 1. The van der Waals surface area contributed by atoms with Crippen LogP contribution < -0.4 is 20.1 Å². The van der Waals surface area contributed by atoms with Crippen LogP contribution in [-0.2, 0) is 20.9 Å². The van der Waals surface area contributed by atoms with Gasteiger partial charge < -0.3 is 24.8 Å². The molecule has 27 heavy (non-hydrogen) atoms. The zero-order chi connectivity index (χ0) is 19.1. The van der Waals surface area contributed by atoms with Gasteiger partial charge in [-0.1, -0.05) is 6.07 Å². The van der Waals surface area contributed by atoms with Crippen molar-refractivity contribution in [3.05, 3.63) is 23.8 Å². The van der Waals surface area contributed by atoms with Crippen LogP contribution in [0, 0.1) is 11.8 Å². The van der Waals surface area contributed by atoms with Gasteiger partial charge in [0.1, 0.15) is 0 Å². The van der Waals surface area contributed by atoms with Gasteiger partial charge >= 0.3 is 0 Å². The van der Waals surface area contributed by atoms with Crippen LogP contribution in [-0.4, -0.2) is 38.9 Å². The van der Waals surface area contributed by atoms with Crippen LogP contribution in [0.5, 0.6) is 11.5 Å². The molecule has 3 rings (SSSR count). The molecule has 1 aliphatic carbocycles. The third kappa shape index (κ3) is 5.35. The normalized spacial score (nSPS) is 20.9. The minimum absolute atomic E-state index is 0.0171. The predicted octanol–water partition coefficient (Wildman–Crippen LogP) is 1.99. The molecule has 1 saturated carbocycles. The van der Waals surface area contributed by atoms with Gasteiger partial charge in [0.05, 0.1) is 0 Å². The Kier molecular flexibility index (Phi) is 6.92. The van der Waals surface area contributed by atoms with Crippen LogP contribution in [0.3, 0.4) is 0 Å². The summed E-state index contributed by atoms with van der Waals surface area (Å²) in [5.41, 5.74) is 0.983. The predicted molar refractivity (Wildman–Crippen MR) is 99.4 cm³/mol. The molecule has 2 amide bonds. The van der Waals surface area contributed by atoms with Gasteiger partial charge in [0.15, 0.2) is 11.5 Å². The average molecular weight is 376 g/mol. The Labute approximate surface area is 159 Å². The van der Waals surface area contributed by atoms with Gasteiger partial charge in [0.2, 0.25) is 18.6 Å². The van der Waals surface area contributed by atoms with Gasteiger partial charge in [-0.3, -0.25) is 9.59 Å². The summed E-state index contributed by atoms with van der Waals surface area (Å²) < 4.78 is 15.6. The second kappa shape index (κ2) is 9.60. The number of amides is 2. The van der Waals surface area contributed by atoms with Crippen LogP contribution >= 0.6 is 0 Å². The summed E-state index contributed by atoms with van der Waals surface area (Å²) in [6.45, 7) is 2.00. The average Bonchev–Trinajstić information content (AvgIpc) is 3.17. The summed E-state index contributed by atoms with van der Waals surface area (Å²) in [4.78, 5) is 24.6. The van der Waals surface area contributed by atoms with E-state index < -0.39 is 0 Å². The summed E-state index contributed by atoms with van der Waals surface area (Å²) in [5.74, 6) is 1.63. The molecule has 0 unspecified atom stereocenters. The monoisotopic (exact) mass is 376 g/mol. The highest BCUT2D eigenvalue weighted by atomic mass is 16.7. The maximum atomic E-state index is 12.4. The molecule has 1 aliphatic heterocycles. The third-order valence-electron chi connectivity index (χ3n) is 5.20. The lowest BCUT2D eigenvalue weighted by molar-refractivity contribution is -0.130. The first kappa shape index (κ1) is 19.5. The van der Waals surface area contributed by atoms with Crippen LogP contribution in [0.15, 0.2) is 18.2 Å². The first-order valence-corrected chi connectivity index (χ1v) is 9.60. The van der Waals surface area contributed by atoms with Crippen molar-refractivity contribution < 1.29 is 23.8 Å². The lowest BCUT2D eigenvalue weighted by atomic mass is 9.81. The van der Waals surface area contributed by atoms with E-state index >= 15 is 0 Å². The minimum atomic E-state index is -0.0171. The molecule has 0 atom stereocenters. The smallest absolute Gasteiger partial charge is 0.231 e. The van der Waals surface area contributed by atoms with Crippen molar-refractivity contribution >= 4 is 11.8 Å². The minimum Gasteiger partial charge on any atom is -0.454 e. The highest BCUT2D eigenvalue weighted by Gasteiger charge is 2.29. The largest absolute Gasteiger partial charge is 0.454 e. The lowest BCUT2D eigenvalue weighted by Gasteiger charge is -2.27. The molecule has 0 saturated heterocycles. The van der Waals surface area contributed by atoms with Crippen molar-refractivity contribution in [1.82, 2.24) is 10.6 Å². The fourth-order valence-corrected chi connectivity index (χ4v) is 3.57. The van der Waals surface area contributed by atoms with Gasteiger partial charge in [-0.15, -0.1) is 0 Å². The lowest BCUT2D eigenvalue weighted by Crippen LogP contribution is -2.37. The second-order valence-electron chi connectivity index (χ2n) is 7.09.